The number of benzene rings is 2. The quantitative estimate of drug-likeness (QED) is 0.433. The first-order chi connectivity index (χ1) is 19.2. The molecular weight excluding hydrogens is 554 g/mol. The van der Waals surface area contributed by atoms with Crippen molar-refractivity contribution >= 4 is 35.5 Å². The summed E-state index contributed by atoms with van der Waals surface area (Å²) in [5.74, 6) is -4.36. The van der Waals surface area contributed by atoms with Gasteiger partial charge in [-0.1, -0.05) is 18.2 Å². The highest BCUT2D eigenvalue weighted by Gasteiger charge is 2.58. The number of carboxylic acid groups (broad SMARTS) is 1. The summed E-state index contributed by atoms with van der Waals surface area (Å²) in [5.41, 5.74) is -0.383. The molecule has 14 heteroatoms. The molecule has 1 heterocycles. The molecule has 2 atom stereocenters. The molecule has 2 aromatic carbocycles. The van der Waals surface area contributed by atoms with Crippen molar-refractivity contribution in [3.63, 3.8) is 0 Å². The summed E-state index contributed by atoms with van der Waals surface area (Å²) < 4.78 is 59.5. The number of amides is 4. The molecule has 0 saturated carbocycles. The number of nitrogens with zero attached hydrogens (tertiary/aromatic N) is 2. The largest absolute Gasteiger partial charge is 0.481 e. The molecule has 1 saturated heterocycles. The molecule has 2 N–H and O–H groups in total. The number of rotatable bonds is 9. The van der Waals surface area contributed by atoms with Crippen molar-refractivity contribution in [1.82, 2.24) is 9.80 Å². The Labute approximate surface area is 230 Å². The number of halogens is 4. The lowest BCUT2D eigenvalue weighted by molar-refractivity contribution is -0.187. The number of imide groups is 1. The van der Waals surface area contributed by atoms with Crippen LogP contribution in [0.2, 0.25) is 0 Å². The van der Waals surface area contributed by atoms with Crippen LogP contribution in [0.5, 0.6) is 0 Å². The van der Waals surface area contributed by atoms with E-state index in [1.54, 1.807) is 6.07 Å². The molecule has 1 unspecified atom stereocenters. The molecule has 0 aromatic heterocycles. The van der Waals surface area contributed by atoms with Gasteiger partial charge in [0.05, 0.1) is 6.42 Å². The van der Waals surface area contributed by atoms with E-state index in [1.165, 1.54) is 24.3 Å². The van der Waals surface area contributed by atoms with Crippen molar-refractivity contribution in [2.75, 3.05) is 11.9 Å². The number of ether oxygens (including phenoxy) is 1. The summed E-state index contributed by atoms with van der Waals surface area (Å²) in [5, 5.41) is 11.3. The predicted octanol–water partition coefficient (Wildman–Crippen LogP) is 3.73. The number of fused-ring (bicyclic) bond motifs is 2. The van der Waals surface area contributed by atoms with Gasteiger partial charge in [-0.3, -0.25) is 19.2 Å². The van der Waals surface area contributed by atoms with Crippen molar-refractivity contribution in [2.45, 2.75) is 57.0 Å². The molecule has 4 rings (SSSR count). The molecule has 0 radical (unpaired) electrons. The molecule has 4 amide bonds. The second-order valence-corrected chi connectivity index (χ2v) is 9.77. The van der Waals surface area contributed by atoms with Gasteiger partial charge in [0, 0.05) is 30.6 Å². The molecule has 1 aliphatic carbocycles. The molecule has 0 bridgehead atoms. The minimum Gasteiger partial charge on any atom is -0.481 e. The summed E-state index contributed by atoms with van der Waals surface area (Å²) in [6, 6.07) is 6.68. The Morgan fingerprint density at radius 1 is 1.12 bits per heavy atom. The number of aryl methyl sites for hydroxylation is 1. The Hall–Kier alpha value is -4.49. The average molecular weight is 580 g/mol. The number of carboxylic acids is 1. The predicted molar refractivity (Wildman–Crippen MR) is 133 cm³/mol. The summed E-state index contributed by atoms with van der Waals surface area (Å²) in [6.45, 7) is -0.793. The number of anilines is 1. The normalized spacial score (nSPS) is 18.7. The Morgan fingerprint density at radius 3 is 2.44 bits per heavy atom. The van der Waals surface area contributed by atoms with E-state index in [-0.39, 0.29) is 31.2 Å². The van der Waals surface area contributed by atoms with Crippen LogP contribution in [-0.4, -0.2) is 63.5 Å². The van der Waals surface area contributed by atoms with Crippen LogP contribution < -0.4 is 5.32 Å². The molecular formula is C27H25F4N3O7. The maximum Gasteiger partial charge on any atom is 0.418 e. The van der Waals surface area contributed by atoms with Crippen molar-refractivity contribution < 1.29 is 51.4 Å². The van der Waals surface area contributed by atoms with E-state index in [9.17, 15) is 41.5 Å². The highest BCUT2D eigenvalue weighted by Crippen LogP contribution is 2.46. The van der Waals surface area contributed by atoms with Gasteiger partial charge >= 0.3 is 18.2 Å². The van der Waals surface area contributed by atoms with Crippen molar-refractivity contribution in [3.05, 3.63) is 65.0 Å². The standard InChI is InChI=1S/C27H25F4N3O7/c1-15(27(29,30)31)33(13-16-2-4-18(28)5-3-16)22(36)14-34-24(39)26(41-25(34)40)11-10-17-12-19(6-7-20(17)26)32-21(35)8-9-23(37)38/h2-7,12,15H,8-11,13-14H2,1H3,(H,32,35)(H,37,38)/t15?,26-/m1/s1. The minimum absolute atomic E-state index is 0.00621. The maximum atomic E-state index is 13.6. The Morgan fingerprint density at radius 2 is 1.80 bits per heavy atom. The maximum absolute atomic E-state index is 13.6. The molecule has 10 nitrogen and oxygen atoms in total. The first kappa shape index (κ1) is 29.5. The van der Waals surface area contributed by atoms with Crippen LogP contribution in [0.4, 0.5) is 28.0 Å². The summed E-state index contributed by atoms with van der Waals surface area (Å²) in [7, 11) is 0. The third kappa shape index (κ3) is 6.15. The molecule has 1 spiro atoms. The molecule has 41 heavy (non-hydrogen) atoms. The molecule has 218 valence electrons. The van der Waals surface area contributed by atoms with Crippen LogP contribution in [0.3, 0.4) is 0 Å². The van der Waals surface area contributed by atoms with Gasteiger partial charge in [0.1, 0.15) is 18.4 Å². The van der Waals surface area contributed by atoms with E-state index >= 15 is 0 Å². The zero-order valence-electron chi connectivity index (χ0n) is 21.7. The van der Waals surface area contributed by atoms with Crippen LogP contribution in [-0.2, 0) is 42.5 Å². The zero-order chi connectivity index (χ0) is 30.1. The number of hydrogen-bond donors (Lipinski definition) is 2. The number of carbonyl (C=O) groups is 5. The molecule has 2 aliphatic rings. The second kappa shape index (κ2) is 11.2. The van der Waals surface area contributed by atoms with E-state index in [4.69, 9.17) is 9.84 Å². The van der Waals surface area contributed by atoms with Crippen LogP contribution >= 0.6 is 0 Å². The molecule has 1 aliphatic heterocycles. The van der Waals surface area contributed by atoms with Crippen molar-refractivity contribution in [3.8, 4) is 0 Å². The van der Waals surface area contributed by atoms with Gasteiger partial charge in [-0.05, 0) is 48.7 Å². The number of aliphatic carboxylic acids is 1. The topological polar surface area (TPSA) is 133 Å². The first-order valence-electron chi connectivity index (χ1n) is 12.5. The Balaban J connectivity index is 1.52. The Kier molecular flexibility index (Phi) is 8.04. The minimum atomic E-state index is -4.82. The average Bonchev–Trinajstić information content (AvgIpc) is 3.38. The van der Waals surface area contributed by atoms with Gasteiger partial charge in [0.15, 0.2) is 0 Å². The van der Waals surface area contributed by atoms with Gasteiger partial charge in [-0.2, -0.15) is 13.2 Å². The lowest BCUT2D eigenvalue weighted by Crippen LogP contribution is -2.51. The summed E-state index contributed by atoms with van der Waals surface area (Å²) >= 11 is 0. The van der Waals surface area contributed by atoms with E-state index in [0.717, 1.165) is 19.1 Å². The van der Waals surface area contributed by atoms with Crippen molar-refractivity contribution in [2.24, 2.45) is 0 Å². The van der Waals surface area contributed by atoms with Crippen molar-refractivity contribution in [1.29, 1.82) is 0 Å². The number of hydrogen-bond acceptors (Lipinski definition) is 6. The zero-order valence-corrected chi connectivity index (χ0v) is 21.7. The number of carbonyl (C=O) groups excluding carboxylic acids is 4. The van der Waals surface area contributed by atoms with Crippen LogP contribution in [0.1, 0.15) is 42.9 Å². The van der Waals surface area contributed by atoms with E-state index in [0.29, 0.717) is 26.6 Å². The van der Waals surface area contributed by atoms with Crippen LogP contribution in [0, 0.1) is 5.82 Å². The first-order valence-corrected chi connectivity index (χ1v) is 12.5. The summed E-state index contributed by atoms with van der Waals surface area (Å²) in [4.78, 5) is 62.9. The fraction of sp³-hybridized carbons (Fsp3) is 0.370. The van der Waals surface area contributed by atoms with Crippen LogP contribution in [0.15, 0.2) is 42.5 Å². The van der Waals surface area contributed by atoms with Gasteiger partial charge in [-0.25, -0.2) is 14.1 Å². The highest BCUT2D eigenvalue weighted by atomic mass is 19.4. The number of alkyl halides is 3. The third-order valence-electron chi connectivity index (χ3n) is 7.03. The van der Waals surface area contributed by atoms with Gasteiger partial charge in [0.2, 0.25) is 17.4 Å². The van der Waals surface area contributed by atoms with E-state index in [1.807, 2.05) is 0 Å². The number of nitrogens with one attached hydrogen (secondary N) is 1. The monoisotopic (exact) mass is 579 g/mol. The molecule has 1 fully saturated rings. The third-order valence-corrected chi connectivity index (χ3v) is 7.03. The lowest BCUT2D eigenvalue weighted by atomic mass is 9.94. The summed E-state index contributed by atoms with van der Waals surface area (Å²) in [6.07, 6.45) is -6.37. The van der Waals surface area contributed by atoms with Gasteiger partial charge in [0.25, 0.3) is 5.91 Å². The van der Waals surface area contributed by atoms with Crippen LogP contribution in [0.25, 0.3) is 0 Å². The SMILES string of the molecule is CC(N(Cc1ccc(F)cc1)C(=O)CN1C(=O)O[C@@]2(CCc3cc(NC(=O)CCC(=O)O)ccc32)C1=O)C(F)(F)F. The Bertz CT molecular complexity index is 1400. The molecule has 2 aromatic rings. The fourth-order valence-corrected chi connectivity index (χ4v) is 4.81. The highest BCUT2D eigenvalue weighted by molar-refractivity contribution is 6.06. The smallest absolute Gasteiger partial charge is 0.418 e. The second-order valence-electron chi connectivity index (χ2n) is 9.77. The van der Waals surface area contributed by atoms with E-state index < -0.39 is 66.5 Å². The lowest BCUT2D eigenvalue weighted by Gasteiger charge is -2.31. The van der Waals surface area contributed by atoms with Gasteiger partial charge in [-0.15, -0.1) is 0 Å². The van der Waals surface area contributed by atoms with E-state index in [2.05, 4.69) is 5.32 Å². The fourth-order valence-electron chi connectivity index (χ4n) is 4.81. The van der Waals surface area contributed by atoms with Gasteiger partial charge < -0.3 is 20.1 Å².